The molecule has 0 spiro atoms. The minimum Gasteiger partial charge on any atom is -0.322 e. The van der Waals surface area contributed by atoms with Gasteiger partial charge in [0.1, 0.15) is 0 Å². The van der Waals surface area contributed by atoms with Crippen molar-refractivity contribution in [2.45, 2.75) is 6.92 Å². The van der Waals surface area contributed by atoms with Crippen LogP contribution >= 0.6 is 11.6 Å². The number of carbonyl (C=O) groups is 2. The average Bonchev–Trinajstić information content (AvgIpc) is 2.65. The number of aryl methyl sites for hydroxylation is 1. The second kappa shape index (κ2) is 7.85. The highest BCUT2D eigenvalue weighted by atomic mass is 35.5. The molecule has 130 valence electrons. The van der Waals surface area contributed by atoms with Gasteiger partial charge in [-0.05, 0) is 55.0 Å². The third-order valence-electron chi connectivity index (χ3n) is 3.87. The Labute approximate surface area is 156 Å². The van der Waals surface area contributed by atoms with E-state index in [1.165, 1.54) is 0 Å². The SMILES string of the molecule is Cc1ccc(Cl)cc1NC(=O)c1cccc(C(=O)Nc2ccccc2)c1. The van der Waals surface area contributed by atoms with Gasteiger partial charge in [0.05, 0.1) is 0 Å². The molecule has 4 nitrogen and oxygen atoms in total. The molecule has 3 aromatic rings. The number of nitrogens with one attached hydrogen (secondary N) is 2. The Bertz CT molecular complexity index is 955. The van der Waals surface area contributed by atoms with Crippen molar-refractivity contribution in [3.8, 4) is 0 Å². The van der Waals surface area contributed by atoms with Crippen molar-refractivity contribution in [3.63, 3.8) is 0 Å². The molecule has 0 fully saturated rings. The summed E-state index contributed by atoms with van der Waals surface area (Å²) in [5, 5.41) is 6.17. The summed E-state index contributed by atoms with van der Waals surface area (Å²) in [7, 11) is 0. The number of para-hydroxylation sites is 1. The smallest absolute Gasteiger partial charge is 0.255 e. The van der Waals surface area contributed by atoms with Gasteiger partial charge >= 0.3 is 0 Å². The van der Waals surface area contributed by atoms with E-state index >= 15 is 0 Å². The predicted octanol–water partition coefficient (Wildman–Crippen LogP) is 5.15. The molecular formula is C21H17ClN2O2. The van der Waals surface area contributed by atoms with E-state index in [4.69, 9.17) is 11.6 Å². The van der Waals surface area contributed by atoms with Gasteiger partial charge in [0.15, 0.2) is 0 Å². The monoisotopic (exact) mass is 364 g/mol. The van der Waals surface area contributed by atoms with Gasteiger partial charge in [0.25, 0.3) is 11.8 Å². The summed E-state index contributed by atoms with van der Waals surface area (Å²) in [6.07, 6.45) is 0. The zero-order valence-electron chi connectivity index (χ0n) is 14.1. The van der Waals surface area contributed by atoms with Gasteiger partial charge in [0.2, 0.25) is 0 Å². The molecule has 0 radical (unpaired) electrons. The fraction of sp³-hybridized carbons (Fsp3) is 0.0476. The van der Waals surface area contributed by atoms with Gasteiger partial charge in [-0.25, -0.2) is 0 Å². The first-order valence-corrected chi connectivity index (χ1v) is 8.45. The summed E-state index contributed by atoms with van der Waals surface area (Å²) in [6, 6.07) is 21.0. The second-order valence-electron chi connectivity index (χ2n) is 5.81. The van der Waals surface area contributed by atoms with E-state index in [9.17, 15) is 9.59 Å². The Morgan fingerprint density at radius 2 is 1.42 bits per heavy atom. The summed E-state index contributed by atoms with van der Waals surface area (Å²) < 4.78 is 0. The Morgan fingerprint density at radius 3 is 2.12 bits per heavy atom. The van der Waals surface area contributed by atoms with E-state index in [1.807, 2.05) is 31.2 Å². The van der Waals surface area contributed by atoms with Crippen LogP contribution < -0.4 is 10.6 Å². The highest BCUT2D eigenvalue weighted by molar-refractivity contribution is 6.31. The number of halogens is 1. The number of rotatable bonds is 4. The molecule has 0 aliphatic heterocycles. The molecule has 2 N–H and O–H groups in total. The highest BCUT2D eigenvalue weighted by Gasteiger charge is 2.12. The Morgan fingerprint density at radius 1 is 0.769 bits per heavy atom. The van der Waals surface area contributed by atoms with Crippen LogP contribution in [-0.4, -0.2) is 11.8 Å². The minimum atomic E-state index is -0.301. The van der Waals surface area contributed by atoms with Crippen LogP contribution in [0.3, 0.4) is 0 Å². The average molecular weight is 365 g/mol. The standard InChI is InChI=1S/C21H17ClN2O2/c1-14-10-11-17(22)13-19(14)24-21(26)16-7-5-6-15(12-16)20(25)23-18-8-3-2-4-9-18/h2-13H,1H3,(H,23,25)(H,24,26). The van der Waals surface area contributed by atoms with Crippen LogP contribution in [0.15, 0.2) is 72.8 Å². The molecule has 0 aliphatic rings. The molecule has 26 heavy (non-hydrogen) atoms. The fourth-order valence-corrected chi connectivity index (χ4v) is 2.62. The fourth-order valence-electron chi connectivity index (χ4n) is 2.45. The van der Waals surface area contributed by atoms with E-state index in [-0.39, 0.29) is 11.8 Å². The van der Waals surface area contributed by atoms with Gasteiger partial charge < -0.3 is 10.6 Å². The lowest BCUT2D eigenvalue weighted by Gasteiger charge is -2.10. The van der Waals surface area contributed by atoms with Crippen LogP contribution in [0, 0.1) is 6.92 Å². The third kappa shape index (κ3) is 4.29. The minimum absolute atomic E-state index is 0.273. The number of amides is 2. The molecule has 3 aromatic carbocycles. The van der Waals surface area contributed by atoms with Crippen LogP contribution in [0.25, 0.3) is 0 Å². The lowest BCUT2D eigenvalue weighted by molar-refractivity contribution is 0.102. The van der Waals surface area contributed by atoms with Crippen LogP contribution in [0.5, 0.6) is 0 Å². The Hall–Kier alpha value is -3.11. The molecular weight excluding hydrogens is 348 g/mol. The molecule has 0 saturated heterocycles. The summed E-state index contributed by atoms with van der Waals surface area (Å²) in [4.78, 5) is 24.9. The molecule has 0 heterocycles. The van der Waals surface area contributed by atoms with Crippen molar-refractivity contribution in [2.75, 3.05) is 10.6 Å². The molecule has 0 aromatic heterocycles. The van der Waals surface area contributed by atoms with Gasteiger partial charge in [-0.3, -0.25) is 9.59 Å². The summed E-state index contributed by atoms with van der Waals surface area (Å²) >= 11 is 5.99. The molecule has 0 unspecified atom stereocenters. The van der Waals surface area contributed by atoms with Crippen molar-refractivity contribution in [2.24, 2.45) is 0 Å². The summed E-state index contributed by atoms with van der Waals surface area (Å²) in [6.45, 7) is 1.88. The molecule has 5 heteroatoms. The molecule has 0 aliphatic carbocycles. The quantitative estimate of drug-likeness (QED) is 0.672. The van der Waals surface area contributed by atoms with Crippen molar-refractivity contribution < 1.29 is 9.59 Å². The van der Waals surface area contributed by atoms with Gasteiger partial charge in [-0.1, -0.05) is 41.9 Å². The molecule has 0 bridgehead atoms. The summed E-state index contributed by atoms with van der Waals surface area (Å²) in [5.41, 5.74) is 3.04. The third-order valence-corrected chi connectivity index (χ3v) is 4.10. The first kappa shape index (κ1) is 17.7. The lowest BCUT2D eigenvalue weighted by Crippen LogP contribution is -2.16. The normalized spacial score (nSPS) is 10.2. The van der Waals surface area contributed by atoms with E-state index in [2.05, 4.69) is 10.6 Å². The number of hydrogen-bond acceptors (Lipinski definition) is 2. The van der Waals surface area contributed by atoms with Gasteiger partial charge in [-0.2, -0.15) is 0 Å². The molecule has 2 amide bonds. The maximum absolute atomic E-state index is 12.5. The van der Waals surface area contributed by atoms with Crippen LogP contribution in [0.1, 0.15) is 26.3 Å². The topological polar surface area (TPSA) is 58.2 Å². The Kier molecular flexibility index (Phi) is 5.34. The largest absolute Gasteiger partial charge is 0.322 e. The summed E-state index contributed by atoms with van der Waals surface area (Å²) in [5.74, 6) is -0.575. The van der Waals surface area contributed by atoms with Crippen molar-refractivity contribution in [1.29, 1.82) is 0 Å². The number of anilines is 2. The number of benzene rings is 3. The molecule has 0 atom stereocenters. The first-order valence-electron chi connectivity index (χ1n) is 8.07. The van der Waals surface area contributed by atoms with Crippen molar-refractivity contribution in [1.82, 2.24) is 0 Å². The van der Waals surface area contributed by atoms with Crippen molar-refractivity contribution in [3.05, 3.63) is 94.5 Å². The van der Waals surface area contributed by atoms with Crippen LogP contribution in [0.2, 0.25) is 5.02 Å². The van der Waals surface area contributed by atoms with Crippen LogP contribution in [-0.2, 0) is 0 Å². The second-order valence-corrected chi connectivity index (χ2v) is 6.25. The maximum atomic E-state index is 12.5. The maximum Gasteiger partial charge on any atom is 0.255 e. The number of hydrogen-bond donors (Lipinski definition) is 2. The Balaban J connectivity index is 1.77. The number of carbonyl (C=O) groups excluding carboxylic acids is 2. The van der Waals surface area contributed by atoms with Gasteiger partial charge in [-0.15, -0.1) is 0 Å². The van der Waals surface area contributed by atoms with Gasteiger partial charge in [0, 0.05) is 27.5 Å². The van der Waals surface area contributed by atoms with E-state index < -0.39 is 0 Å². The molecule has 0 saturated carbocycles. The van der Waals surface area contributed by atoms with E-state index in [0.717, 1.165) is 5.56 Å². The highest BCUT2D eigenvalue weighted by Crippen LogP contribution is 2.21. The predicted molar refractivity (Wildman–Crippen MR) is 105 cm³/mol. The zero-order valence-corrected chi connectivity index (χ0v) is 14.9. The zero-order chi connectivity index (χ0) is 18.5. The van der Waals surface area contributed by atoms with E-state index in [1.54, 1.807) is 48.5 Å². The molecule has 3 rings (SSSR count). The van der Waals surface area contributed by atoms with Crippen LogP contribution in [0.4, 0.5) is 11.4 Å². The lowest BCUT2D eigenvalue weighted by atomic mass is 10.1. The first-order chi connectivity index (χ1) is 12.5. The van der Waals surface area contributed by atoms with Crippen molar-refractivity contribution >= 4 is 34.8 Å². The van der Waals surface area contributed by atoms with E-state index in [0.29, 0.717) is 27.5 Å².